The van der Waals surface area contributed by atoms with Gasteiger partial charge in [-0.1, -0.05) is 36.4 Å². The monoisotopic (exact) mass is 948 g/mol. The number of hydrogen-bond donors (Lipinski definition) is 10. The van der Waals surface area contributed by atoms with E-state index in [0.717, 1.165) is 0 Å². The molecule has 0 aliphatic heterocycles. The molecule has 10 N–H and O–H groups in total. The first-order chi connectivity index (χ1) is 15.7. The predicted molar refractivity (Wildman–Crippen MR) is 87.7 cm³/mol. The van der Waals surface area contributed by atoms with Gasteiger partial charge in [0.25, 0.3) is 0 Å². The Labute approximate surface area is 218 Å². The SMILES string of the molecule is O=[N+](O)O.O=[N+](O)O.Oc1ccccc1C(O)O.Oc1ccccc1C(O)O.[O]=[U]=[O].[O]=[U]=[O]. The van der Waals surface area contributed by atoms with E-state index < -0.39 is 78.4 Å². The molecule has 0 unspecified atom stereocenters. The summed E-state index contributed by atoms with van der Waals surface area (Å²) < 4.78 is 34.3. The number of aliphatic hydroxyl groups excluding tert-OH is 2. The predicted octanol–water partition coefficient (Wildman–Crippen LogP) is -0.637. The summed E-state index contributed by atoms with van der Waals surface area (Å²) in [7, 11) is 0. The molecular weight excluding hydrogens is 928 g/mol. The molecular formula is C14H20N2O16U2+2. The fraction of sp³-hybridized carbons (Fsp3) is 0.143. The second-order valence-electron chi connectivity index (χ2n) is 4.54. The molecule has 20 heteroatoms. The van der Waals surface area contributed by atoms with Gasteiger partial charge in [-0.15, -0.1) is 0 Å². The third-order valence-electron chi connectivity index (χ3n) is 2.43. The molecule has 0 saturated carbocycles. The van der Waals surface area contributed by atoms with E-state index in [-0.39, 0.29) is 22.6 Å². The molecule has 0 spiro atoms. The van der Waals surface area contributed by atoms with Crippen molar-refractivity contribution in [3.63, 3.8) is 0 Å². The molecule has 0 saturated heterocycles. The molecule has 0 radical (unpaired) electrons. The molecule has 0 aliphatic carbocycles. The standard InChI is InChI=1S/2C7H8O3.2H2NO3.4O.2U/c2*8-6-4-2-1-3-5(6)7(9)10;2*2-1(3)4;;;;;;/h2*1-4,7-10H;2*(H2,2,3,4);;;;;;/q;;2*+1;;;;;;. The van der Waals surface area contributed by atoms with Crippen LogP contribution in [-0.4, -0.2) is 61.6 Å². The number of phenolic OH excluding ortho intramolecular Hbond substituents is 2. The zero-order valence-electron chi connectivity index (χ0n) is 16.6. The number of nitrogens with zero attached hydrogens (tertiary/aromatic N) is 2. The minimum atomic E-state index is -2.51. The average Bonchev–Trinajstić information content (AvgIpc) is 2.69. The van der Waals surface area contributed by atoms with E-state index in [0.29, 0.717) is 0 Å². The average molecular weight is 948 g/mol. The van der Waals surface area contributed by atoms with Gasteiger partial charge in [-0.2, -0.15) is 0 Å². The van der Waals surface area contributed by atoms with Crippen molar-refractivity contribution < 1.29 is 126 Å². The Kier molecular flexibility index (Phi) is 30.6. The quantitative estimate of drug-likeness (QED) is 0.132. The van der Waals surface area contributed by atoms with Crippen LogP contribution in [0.25, 0.3) is 0 Å². The Morgan fingerprint density at radius 2 is 0.735 bits per heavy atom. The van der Waals surface area contributed by atoms with Crippen molar-refractivity contribution in [1.29, 1.82) is 0 Å². The van der Waals surface area contributed by atoms with Crippen molar-refractivity contribution in [2.24, 2.45) is 0 Å². The van der Waals surface area contributed by atoms with Gasteiger partial charge >= 0.3 is 74.8 Å². The molecule has 0 aliphatic rings. The molecule has 18 nitrogen and oxygen atoms in total. The van der Waals surface area contributed by atoms with Crippen molar-refractivity contribution in [2.45, 2.75) is 12.6 Å². The number of benzene rings is 2. The van der Waals surface area contributed by atoms with Gasteiger partial charge in [0.1, 0.15) is 21.3 Å². The van der Waals surface area contributed by atoms with E-state index in [1.807, 2.05) is 0 Å². The maximum absolute atomic E-state index is 8.96. The fourth-order valence-electron chi connectivity index (χ4n) is 1.41. The van der Waals surface area contributed by atoms with E-state index in [9.17, 15) is 0 Å². The van der Waals surface area contributed by atoms with E-state index in [4.69, 9.17) is 70.2 Å². The van der Waals surface area contributed by atoms with Gasteiger partial charge < -0.3 is 30.6 Å². The van der Waals surface area contributed by atoms with Crippen LogP contribution in [0.5, 0.6) is 11.5 Å². The summed E-state index contributed by atoms with van der Waals surface area (Å²) in [5.74, 6) is -0.199. The first-order valence-corrected chi connectivity index (χ1v) is 14.5. The molecule has 2 aromatic carbocycles. The van der Waals surface area contributed by atoms with Crippen LogP contribution in [0.1, 0.15) is 23.7 Å². The summed E-state index contributed by atoms with van der Waals surface area (Å²) in [5.41, 5.74) is 0.255. The van der Waals surface area contributed by atoms with Crippen LogP contribution in [0.2, 0.25) is 0 Å². The Bertz CT molecular complexity index is 817. The van der Waals surface area contributed by atoms with Crippen LogP contribution in [0, 0.1) is 65.5 Å². The molecule has 0 atom stereocenters. The summed E-state index contributed by atoms with van der Waals surface area (Å²) >= 11 is -5.01. The van der Waals surface area contributed by atoms with Crippen LogP contribution < -0.4 is 0 Å². The van der Waals surface area contributed by atoms with E-state index in [1.54, 1.807) is 24.3 Å². The van der Waals surface area contributed by atoms with Gasteiger partial charge in [-0.3, -0.25) is 0 Å². The Morgan fingerprint density at radius 3 is 0.853 bits per heavy atom. The molecule has 2 aromatic rings. The summed E-state index contributed by atoms with van der Waals surface area (Å²) in [6.07, 6.45) is -3.19. The van der Waals surface area contributed by atoms with Gasteiger partial charge in [-0.25, -0.2) is 20.8 Å². The van der Waals surface area contributed by atoms with Gasteiger partial charge in [0.15, 0.2) is 12.6 Å². The number of aromatic hydroxyl groups is 2. The van der Waals surface area contributed by atoms with Crippen LogP contribution in [-0.2, 0) is 8.94 Å². The summed E-state index contributed by atoms with van der Waals surface area (Å²) in [5, 5.41) is 77.4. The summed E-state index contributed by atoms with van der Waals surface area (Å²) in [6, 6.07) is 12.1. The van der Waals surface area contributed by atoms with E-state index in [2.05, 4.69) is 0 Å². The number of aliphatic hydroxyl groups is 4. The van der Waals surface area contributed by atoms with Crippen LogP contribution in [0.4, 0.5) is 0 Å². The zero-order chi connectivity index (χ0) is 27.7. The van der Waals surface area contributed by atoms with Crippen molar-refractivity contribution in [3.8, 4) is 11.5 Å². The molecule has 0 fully saturated rings. The first kappa shape index (κ1) is 38.8. The van der Waals surface area contributed by atoms with E-state index in [1.165, 1.54) is 24.3 Å². The van der Waals surface area contributed by atoms with Crippen molar-refractivity contribution in [3.05, 3.63) is 69.5 Å². The maximum atomic E-state index is 8.96. The topological polar surface area (TPSA) is 311 Å². The summed E-state index contributed by atoms with van der Waals surface area (Å²) in [4.78, 5) is 16.9. The third-order valence-corrected chi connectivity index (χ3v) is 2.43. The summed E-state index contributed by atoms with van der Waals surface area (Å²) in [6.45, 7) is 0. The van der Waals surface area contributed by atoms with Crippen LogP contribution in [0.15, 0.2) is 48.5 Å². The molecule has 0 amide bonds. The number of rotatable bonds is 2. The molecule has 0 heterocycles. The third kappa shape index (κ3) is 31.8. The van der Waals surface area contributed by atoms with Crippen molar-refractivity contribution in [1.82, 2.24) is 0 Å². The van der Waals surface area contributed by atoms with Crippen molar-refractivity contribution in [2.75, 3.05) is 0 Å². The van der Waals surface area contributed by atoms with Crippen LogP contribution in [0.3, 0.4) is 0 Å². The second-order valence-corrected chi connectivity index (χ2v) is 5.93. The molecule has 188 valence electrons. The molecule has 0 aromatic heterocycles. The number of hydrogen-bond acceptors (Lipinski definition) is 12. The Hall–Kier alpha value is -2.42. The first-order valence-electron chi connectivity index (χ1n) is 7.69. The minimum absolute atomic E-state index is 0.0995. The normalized spacial score (nSPS) is 7.94. The van der Waals surface area contributed by atoms with Gasteiger partial charge in [0, 0.05) is 11.1 Å². The molecule has 0 bridgehead atoms. The molecule has 34 heavy (non-hydrogen) atoms. The van der Waals surface area contributed by atoms with Crippen LogP contribution >= 0.6 is 0 Å². The molecule has 2 rings (SSSR count). The van der Waals surface area contributed by atoms with Gasteiger partial charge in [-0.05, 0) is 12.1 Å². The van der Waals surface area contributed by atoms with Gasteiger partial charge in [0.05, 0.1) is 0 Å². The van der Waals surface area contributed by atoms with E-state index >= 15 is 0 Å². The van der Waals surface area contributed by atoms with Gasteiger partial charge in [0.2, 0.25) is 0 Å². The fourth-order valence-corrected chi connectivity index (χ4v) is 1.41. The second kappa shape index (κ2) is 26.8. The zero-order valence-corrected chi connectivity index (χ0v) is 24.9. The number of para-hydroxylation sites is 2. The van der Waals surface area contributed by atoms with Crippen molar-refractivity contribution >= 4 is 0 Å². The Balaban J connectivity index is -0.000000174. The number of phenols is 2. The Morgan fingerprint density at radius 1 is 0.559 bits per heavy atom.